The van der Waals surface area contributed by atoms with E-state index in [1.165, 1.54) is 23.7 Å². The molecule has 2 aromatic heterocycles. The molecule has 1 aromatic carbocycles. The van der Waals surface area contributed by atoms with Gasteiger partial charge in [-0.2, -0.15) is 5.10 Å². The molecule has 0 unspecified atom stereocenters. The molecule has 22 heavy (non-hydrogen) atoms. The largest absolute Gasteiger partial charge is 0.240 e. The van der Waals surface area contributed by atoms with Crippen LogP contribution in [-0.2, 0) is 16.4 Å². The van der Waals surface area contributed by atoms with Crippen molar-refractivity contribution in [2.45, 2.75) is 18.2 Å². The Hall–Kier alpha value is -1.48. The molecule has 3 aromatic rings. The Morgan fingerprint density at radius 1 is 1.41 bits per heavy atom. The van der Waals surface area contributed by atoms with E-state index < -0.39 is 10.0 Å². The van der Waals surface area contributed by atoms with Gasteiger partial charge in [0.05, 0.1) is 10.6 Å². The summed E-state index contributed by atoms with van der Waals surface area (Å²) >= 11 is 7.45. The molecular formula is C13H13ClN4O2S2. The number of thiazole rings is 1. The fourth-order valence-electron chi connectivity index (χ4n) is 1.98. The summed E-state index contributed by atoms with van der Waals surface area (Å²) in [6.07, 6.45) is 2.01. The van der Waals surface area contributed by atoms with Crippen LogP contribution in [0, 0.1) is 6.92 Å². The molecule has 0 radical (unpaired) electrons. The molecular weight excluding hydrogens is 344 g/mol. The average Bonchev–Trinajstić information content (AvgIpc) is 3.06. The molecule has 0 aliphatic rings. The second-order valence-corrected chi connectivity index (χ2v) is 7.75. The number of aromatic nitrogens is 3. The number of rotatable bonds is 5. The summed E-state index contributed by atoms with van der Waals surface area (Å²) in [5.41, 5.74) is 1.76. The molecule has 0 amide bonds. The molecule has 3 rings (SSSR count). The maximum Gasteiger partial charge on any atom is 0.240 e. The van der Waals surface area contributed by atoms with Gasteiger partial charge in [0.25, 0.3) is 0 Å². The van der Waals surface area contributed by atoms with Crippen LogP contribution in [0.3, 0.4) is 0 Å². The van der Waals surface area contributed by atoms with Gasteiger partial charge in [0.15, 0.2) is 0 Å². The lowest BCUT2D eigenvalue weighted by Crippen LogP contribution is -2.26. The highest BCUT2D eigenvalue weighted by Gasteiger charge is 2.15. The van der Waals surface area contributed by atoms with Crippen molar-refractivity contribution in [2.75, 3.05) is 6.54 Å². The number of benzene rings is 1. The van der Waals surface area contributed by atoms with E-state index in [-0.39, 0.29) is 11.4 Å². The fraction of sp³-hybridized carbons (Fsp3) is 0.231. The van der Waals surface area contributed by atoms with Crippen LogP contribution in [0.4, 0.5) is 0 Å². The Morgan fingerprint density at radius 2 is 2.23 bits per heavy atom. The summed E-state index contributed by atoms with van der Waals surface area (Å²) in [4.78, 5) is 5.04. The molecule has 6 nitrogen and oxygen atoms in total. The maximum absolute atomic E-state index is 12.2. The van der Waals surface area contributed by atoms with Gasteiger partial charge < -0.3 is 0 Å². The summed E-state index contributed by atoms with van der Waals surface area (Å²) in [6, 6.07) is 4.69. The molecule has 0 saturated carbocycles. The van der Waals surface area contributed by atoms with E-state index in [4.69, 9.17) is 11.6 Å². The predicted molar refractivity (Wildman–Crippen MR) is 85.9 cm³/mol. The predicted octanol–water partition coefficient (Wildman–Crippen LogP) is 2.27. The molecule has 0 saturated heterocycles. The molecule has 9 heteroatoms. The van der Waals surface area contributed by atoms with Crippen molar-refractivity contribution in [3.63, 3.8) is 0 Å². The normalized spacial score (nSPS) is 12.1. The minimum absolute atomic E-state index is 0.166. The number of fused-ring (bicyclic) bond motifs is 1. The van der Waals surface area contributed by atoms with Crippen molar-refractivity contribution in [1.82, 2.24) is 19.3 Å². The second kappa shape index (κ2) is 5.96. The summed E-state index contributed by atoms with van der Waals surface area (Å²) in [6.45, 7) is 2.10. The first-order chi connectivity index (χ1) is 10.5. The summed E-state index contributed by atoms with van der Waals surface area (Å²) in [7, 11) is -3.57. The molecule has 0 bridgehead atoms. The minimum Gasteiger partial charge on any atom is -0.211 e. The van der Waals surface area contributed by atoms with Gasteiger partial charge in [0.1, 0.15) is 6.33 Å². The highest BCUT2D eigenvalue weighted by molar-refractivity contribution is 7.89. The van der Waals surface area contributed by atoms with Gasteiger partial charge >= 0.3 is 0 Å². The zero-order valence-electron chi connectivity index (χ0n) is 11.7. The molecule has 0 atom stereocenters. The third-order valence-corrected chi connectivity index (χ3v) is 5.96. The van der Waals surface area contributed by atoms with Crippen molar-refractivity contribution in [3.8, 4) is 0 Å². The Morgan fingerprint density at radius 3 is 3.00 bits per heavy atom. The van der Waals surface area contributed by atoms with E-state index in [1.807, 2.05) is 12.3 Å². The van der Waals surface area contributed by atoms with Gasteiger partial charge in [0.2, 0.25) is 15.0 Å². The molecule has 0 aliphatic heterocycles. The maximum atomic E-state index is 12.2. The summed E-state index contributed by atoms with van der Waals surface area (Å²) in [5, 5.41) is 6.45. The Balaban J connectivity index is 1.70. The van der Waals surface area contributed by atoms with Crippen molar-refractivity contribution in [3.05, 3.63) is 46.2 Å². The Bertz CT molecular complexity index is 917. The van der Waals surface area contributed by atoms with E-state index in [9.17, 15) is 8.42 Å². The fourth-order valence-corrected chi connectivity index (χ4v) is 4.12. The molecule has 0 spiro atoms. The van der Waals surface area contributed by atoms with Crippen LogP contribution in [0.5, 0.6) is 0 Å². The van der Waals surface area contributed by atoms with E-state index in [2.05, 4.69) is 14.8 Å². The zero-order chi connectivity index (χ0) is 15.7. The van der Waals surface area contributed by atoms with Crippen LogP contribution in [0.15, 0.2) is 34.8 Å². The topological polar surface area (TPSA) is 76.4 Å². The van der Waals surface area contributed by atoms with Crippen LogP contribution in [0.1, 0.15) is 11.3 Å². The lowest BCUT2D eigenvalue weighted by Gasteiger charge is -2.07. The van der Waals surface area contributed by atoms with Crippen molar-refractivity contribution in [1.29, 1.82) is 0 Å². The number of nitrogens with zero attached hydrogens (tertiary/aromatic N) is 3. The van der Waals surface area contributed by atoms with Crippen LogP contribution in [0.2, 0.25) is 5.02 Å². The van der Waals surface area contributed by atoms with Crippen LogP contribution in [-0.4, -0.2) is 29.6 Å². The van der Waals surface area contributed by atoms with E-state index in [0.717, 1.165) is 16.2 Å². The third kappa shape index (κ3) is 3.00. The van der Waals surface area contributed by atoms with E-state index in [1.54, 1.807) is 16.6 Å². The average molecular weight is 357 g/mol. The first-order valence-electron chi connectivity index (χ1n) is 6.49. The van der Waals surface area contributed by atoms with E-state index in [0.29, 0.717) is 11.4 Å². The monoisotopic (exact) mass is 356 g/mol. The lowest BCUT2D eigenvalue weighted by atomic mass is 10.2. The number of sulfonamides is 1. The molecule has 0 aliphatic carbocycles. The second-order valence-electron chi connectivity index (χ2n) is 4.74. The number of hydrogen-bond donors (Lipinski definition) is 1. The minimum atomic E-state index is -3.57. The molecule has 1 N–H and O–H groups in total. The van der Waals surface area contributed by atoms with Crippen LogP contribution >= 0.6 is 22.9 Å². The van der Waals surface area contributed by atoms with Gasteiger partial charge in [-0.1, -0.05) is 17.7 Å². The van der Waals surface area contributed by atoms with Crippen molar-refractivity contribution in [2.24, 2.45) is 0 Å². The lowest BCUT2D eigenvalue weighted by molar-refractivity contribution is 0.581. The molecule has 116 valence electrons. The standard InChI is InChI=1S/C13H13ClN4O2S2/c1-9-2-3-11(6-12(9)14)22(19,20)17-5-4-10-7-21-13-15-8-16-18(10)13/h2-3,6-8,17H,4-5H2,1H3. The van der Waals surface area contributed by atoms with Gasteiger partial charge in [-0.25, -0.2) is 22.6 Å². The number of hydrogen-bond acceptors (Lipinski definition) is 5. The highest BCUT2D eigenvalue weighted by atomic mass is 35.5. The smallest absolute Gasteiger partial charge is 0.211 e. The number of nitrogens with one attached hydrogen (secondary N) is 1. The zero-order valence-corrected chi connectivity index (χ0v) is 14.0. The quantitative estimate of drug-likeness (QED) is 0.760. The highest BCUT2D eigenvalue weighted by Crippen LogP contribution is 2.20. The first-order valence-corrected chi connectivity index (χ1v) is 9.23. The Kier molecular flexibility index (Phi) is 4.18. The van der Waals surface area contributed by atoms with E-state index >= 15 is 0 Å². The van der Waals surface area contributed by atoms with Crippen molar-refractivity contribution < 1.29 is 8.42 Å². The van der Waals surface area contributed by atoms with Gasteiger partial charge in [0, 0.05) is 23.4 Å². The summed E-state index contributed by atoms with van der Waals surface area (Å²) in [5.74, 6) is 0. The van der Waals surface area contributed by atoms with Gasteiger partial charge in [-0.15, -0.1) is 11.3 Å². The molecule has 0 fully saturated rings. The van der Waals surface area contributed by atoms with Crippen LogP contribution < -0.4 is 4.72 Å². The summed E-state index contributed by atoms with van der Waals surface area (Å²) < 4.78 is 28.8. The Labute approximate surface area is 136 Å². The van der Waals surface area contributed by atoms with Crippen LogP contribution in [0.25, 0.3) is 4.96 Å². The van der Waals surface area contributed by atoms with Crippen molar-refractivity contribution >= 4 is 37.9 Å². The van der Waals surface area contributed by atoms with Gasteiger partial charge in [-0.3, -0.25) is 0 Å². The number of aryl methyl sites for hydroxylation is 1. The SMILES string of the molecule is Cc1ccc(S(=O)(=O)NCCc2csc3ncnn23)cc1Cl. The molecule has 2 heterocycles. The first kappa shape index (κ1) is 15.4. The number of halogens is 1. The third-order valence-electron chi connectivity index (χ3n) is 3.22. The van der Waals surface area contributed by atoms with Gasteiger partial charge in [-0.05, 0) is 24.6 Å².